The van der Waals surface area contributed by atoms with E-state index in [9.17, 15) is 4.21 Å². The Morgan fingerprint density at radius 2 is 2.17 bits per heavy atom. The molecule has 0 saturated heterocycles. The Bertz CT molecular complexity index is 583. The van der Waals surface area contributed by atoms with Gasteiger partial charge in [-0.2, -0.15) is 0 Å². The van der Waals surface area contributed by atoms with Gasteiger partial charge in [-0.05, 0) is 12.5 Å². The van der Waals surface area contributed by atoms with E-state index in [0.717, 1.165) is 24.3 Å². The van der Waals surface area contributed by atoms with Crippen molar-refractivity contribution >= 4 is 39.6 Å². The molecule has 2 heterocycles. The highest BCUT2D eigenvalue weighted by Gasteiger charge is 2.09. The number of hydrogen-bond donors (Lipinski definition) is 0. The average molecular weight is 305 g/mol. The molecule has 0 radical (unpaired) electrons. The molecule has 0 spiro atoms. The Hall–Kier alpha value is -0.580. The van der Waals surface area contributed by atoms with Crippen molar-refractivity contribution in [2.45, 2.75) is 25.5 Å². The minimum absolute atomic E-state index is 0.468. The topological polar surface area (TPSA) is 34.4 Å². The van der Waals surface area contributed by atoms with Crippen molar-refractivity contribution in [2.24, 2.45) is 0 Å². The van der Waals surface area contributed by atoms with Gasteiger partial charge in [-0.25, -0.2) is 4.98 Å². The number of unbranched alkanes of at least 4 members (excludes halogenated alkanes) is 1. The lowest BCUT2D eigenvalue weighted by atomic mass is 10.4. The lowest BCUT2D eigenvalue weighted by Crippen LogP contribution is -2.00. The number of fused-ring (bicyclic) bond motifs is 1. The van der Waals surface area contributed by atoms with Crippen LogP contribution in [0.2, 0.25) is 10.0 Å². The second-order valence-corrected chi connectivity index (χ2v) is 6.53. The van der Waals surface area contributed by atoms with E-state index in [1.54, 1.807) is 16.7 Å². The molecule has 0 bridgehead atoms. The van der Waals surface area contributed by atoms with E-state index in [2.05, 4.69) is 11.9 Å². The van der Waals surface area contributed by atoms with Crippen LogP contribution in [0.5, 0.6) is 0 Å². The Kier molecular flexibility index (Phi) is 4.65. The fourth-order valence-electron chi connectivity index (χ4n) is 1.69. The highest BCUT2D eigenvalue weighted by molar-refractivity contribution is 7.84. The van der Waals surface area contributed by atoms with E-state index in [0.29, 0.717) is 21.4 Å². The molecule has 2 aromatic rings. The summed E-state index contributed by atoms with van der Waals surface area (Å²) in [7, 11) is -0.861. The Morgan fingerprint density at radius 1 is 1.39 bits per heavy atom. The molecule has 0 aliphatic heterocycles. The highest BCUT2D eigenvalue weighted by Crippen LogP contribution is 2.22. The second-order valence-electron chi connectivity index (χ2n) is 4.11. The molecule has 2 aromatic heterocycles. The molecule has 0 aliphatic carbocycles. The van der Waals surface area contributed by atoms with Gasteiger partial charge in [-0.3, -0.25) is 4.21 Å². The maximum absolute atomic E-state index is 11.8. The molecular weight excluding hydrogens is 291 g/mol. The maximum Gasteiger partial charge on any atom is 0.155 e. The minimum atomic E-state index is -0.861. The monoisotopic (exact) mass is 304 g/mol. The molecule has 0 aliphatic rings. The maximum atomic E-state index is 11.8. The van der Waals surface area contributed by atoms with E-state index in [4.69, 9.17) is 23.2 Å². The molecule has 0 fully saturated rings. The summed E-state index contributed by atoms with van der Waals surface area (Å²) in [5.41, 5.74) is 1.44. The summed E-state index contributed by atoms with van der Waals surface area (Å²) in [5, 5.41) is 1.07. The summed E-state index contributed by atoms with van der Waals surface area (Å²) in [6.45, 7) is 2.09. The molecule has 0 amide bonds. The standard InChI is InChI=1S/C12H14Cl2N2OS/c1-2-3-4-18(17)8-10-7-16-6-9(13)5-11(14)12(16)15-10/h5-7H,2-4,8H2,1H3. The smallest absolute Gasteiger partial charge is 0.155 e. The lowest BCUT2D eigenvalue weighted by molar-refractivity contribution is 0.678. The number of pyridine rings is 1. The van der Waals surface area contributed by atoms with Crippen molar-refractivity contribution in [1.29, 1.82) is 0 Å². The lowest BCUT2D eigenvalue weighted by Gasteiger charge is -1.97. The van der Waals surface area contributed by atoms with Gasteiger partial charge in [0.1, 0.15) is 0 Å². The molecule has 1 atom stereocenters. The Morgan fingerprint density at radius 3 is 2.89 bits per heavy atom. The van der Waals surface area contributed by atoms with Crippen LogP contribution in [0.15, 0.2) is 18.5 Å². The number of hydrogen-bond acceptors (Lipinski definition) is 2. The molecule has 1 unspecified atom stereocenters. The molecule has 0 aromatic carbocycles. The fraction of sp³-hybridized carbons (Fsp3) is 0.417. The summed E-state index contributed by atoms with van der Waals surface area (Å²) in [6.07, 6.45) is 5.61. The Balaban J connectivity index is 2.20. The summed E-state index contributed by atoms with van der Waals surface area (Å²) in [6, 6.07) is 1.66. The van der Waals surface area contributed by atoms with Crippen molar-refractivity contribution in [2.75, 3.05) is 5.75 Å². The van der Waals surface area contributed by atoms with Crippen molar-refractivity contribution in [3.63, 3.8) is 0 Å². The van der Waals surface area contributed by atoms with E-state index >= 15 is 0 Å². The number of halogens is 2. The fourth-order valence-corrected chi connectivity index (χ4v) is 3.44. The van der Waals surface area contributed by atoms with Gasteiger partial charge in [0.05, 0.1) is 21.5 Å². The van der Waals surface area contributed by atoms with Gasteiger partial charge in [0.15, 0.2) is 5.65 Å². The van der Waals surface area contributed by atoms with Gasteiger partial charge in [-0.15, -0.1) is 0 Å². The first-order valence-electron chi connectivity index (χ1n) is 5.77. The van der Waals surface area contributed by atoms with Crippen LogP contribution >= 0.6 is 23.2 Å². The molecule has 6 heteroatoms. The van der Waals surface area contributed by atoms with Gasteiger partial charge in [0.2, 0.25) is 0 Å². The van der Waals surface area contributed by atoms with Gasteiger partial charge >= 0.3 is 0 Å². The summed E-state index contributed by atoms with van der Waals surface area (Å²) in [5.74, 6) is 1.19. The molecule has 18 heavy (non-hydrogen) atoms. The average Bonchev–Trinajstić information content (AvgIpc) is 2.69. The van der Waals surface area contributed by atoms with Gasteiger partial charge in [0.25, 0.3) is 0 Å². The molecule has 0 saturated carbocycles. The zero-order valence-electron chi connectivity index (χ0n) is 10.0. The molecular formula is C12H14Cl2N2OS. The number of rotatable bonds is 5. The zero-order chi connectivity index (χ0) is 13.1. The molecule has 3 nitrogen and oxygen atoms in total. The van der Waals surface area contributed by atoms with E-state index < -0.39 is 10.8 Å². The van der Waals surface area contributed by atoms with Crippen LogP contribution in [0.25, 0.3) is 5.65 Å². The minimum Gasteiger partial charge on any atom is -0.304 e. The normalized spacial score (nSPS) is 13.1. The first-order valence-corrected chi connectivity index (χ1v) is 8.02. The SMILES string of the molecule is CCCCS(=O)Cc1cn2cc(Cl)cc(Cl)c2n1. The van der Waals surface area contributed by atoms with Gasteiger partial charge in [-0.1, -0.05) is 36.5 Å². The third-order valence-corrected chi connectivity index (χ3v) is 4.40. The molecule has 0 N–H and O–H groups in total. The van der Waals surface area contributed by atoms with E-state index in [1.165, 1.54) is 0 Å². The summed E-state index contributed by atoms with van der Waals surface area (Å²) >= 11 is 12.0. The van der Waals surface area contributed by atoms with Crippen LogP contribution in [-0.2, 0) is 16.6 Å². The van der Waals surface area contributed by atoms with E-state index in [1.807, 2.05) is 6.20 Å². The van der Waals surface area contributed by atoms with Gasteiger partial charge in [0, 0.05) is 28.9 Å². The Labute approximate surface area is 119 Å². The number of aromatic nitrogens is 2. The third-order valence-electron chi connectivity index (χ3n) is 2.56. The van der Waals surface area contributed by atoms with E-state index in [-0.39, 0.29) is 0 Å². The first kappa shape index (κ1) is 13.8. The number of imidazole rings is 1. The number of nitrogens with zero attached hydrogens (tertiary/aromatic N) is 2. The predicted molar refractivity (Wildman–Crippen MR) is 76.8 cm³/mol. The van der Waals surface area contributed by atoms with Crippen LogP contribution in [0.3, 0.4) is 0 Å². The van der Waals surface area contributed by atoms with Crippen molar-refractivity contribution in [1.82, 2.24) is 9.38 Å². The summed E-state index contributed by atoms with van der Waals surface area (Å²) in [4.78, 5) is 4.38. The van der Waals surface area contributed by atoms with Crippen molar-refractivity contribution in [3.8, 4) is 0 Å². The van der Waals surface area contributed by atoms with Crippen LogP contribution < -0.4 is 0 Å². The highest BCUT2D eigenvalue weighted by atomic mass is 35.5. The first-order chi connectivity index (χ1) is 8.60. The largest absolute Gasteiger partial charge is 0.304 e. The van der Waals surface area contributed by atoms with Crippen molar-refractivity contribution < 1.29 is 4.21 Å². The zero-order valence-corrected chi connectivity index (χ0v) is 12.4. The van der Waals surface area contributed by atoms with Gasteiger partial charge < -0.3 is 4.40 Å². The van der Waals surface area contributed by atoms with Crippen LogP contribution in [0.4, 0.5) is 0 Å². The quantitative estimate of drug-likeness (QED) is 0.844. The van der Waals surface area contributed by atoms with Crippen LogP contribution in [0, 0.1) is 0 Å². The predicted octanol–water partition coefficient (Wildman–Crippen LogP) is 3.69. The molecule has 98 valence electrons. The second kappa shape index (κ2) is 6.04. The summed E-state index contributed by atoms with van der Waals surface area (Å²) < 4.78 is 13.6. The van der Waals surface area contributed by atoms with Crippen LogP contribution in [-0.4, -0.2) is 19.3 Å². The van der Waals surface area contributed by atoms with Crippen LogP contribution in [0.1, 0.15) is 25.5 Å². The molecule has 2 rings (SSSR count). The third kappa shape index (κ3) is 3.25. The van der Waals surface area contributed by atoms with Crippen molar-refractivity contribution in [3.05, 3.63) is 34.2 Å².